The molecule has 7 heteroatoms. The van der Waals surface area contributed by atoms with Crippen molar-refractivity contribution in [3.05, 3.63) is 0 Å². The molecule has 0 saturated carbocycles. The molecule has 1 aliphatic heterocycles. The lowest BCUT2D eigenvalue weighted by atomic mass is 10.1. The van der Waals surface area contributed by atoms with E-state index in [9.17, 15) is 18.0 Å². The van der Waals surface area contributed by atoms with Gasteiger partial charge in [0.25, 0.3) is 5.91 Å². The molecule has 0 spiro atoms. The van der Waals surface area contributed by atoms with Crippen molar-refractivity contribution in [2.45, 2.75) is 31.3 Å². The minimum absolute atomic E-state index is 0.117. The Morgan fingerprint density at radius 2 is 2.29 bits per heavy atom. The van der Waals surface area contributed by atoms with Gasteiger partial charge in [-0.1, -0.05) is 0 Å². The van der Waals surface area contributed by atoms with Crippen LogP contribution in [0.2, 0.25) is 0 Å². The van der Waals surface area contributed by atoms with Crippen molar-refractivity contribution in [3.8, 4) is 0 Å². The van der Waals surface area contributed by atoms with Gasteiger partial charge in [0.1, 0.15) is 6.10 Å². The third-order valence-electron chi connectivity index (χ3n) is 1.94. The fourth-order valence-corrected chi connectivity index (χ4v) is 1.22. The summed E-state index contributed by atoms with van der Waals surface area (Å²) in [4.78, 5) is 10.9. The van der Waals surface area contributed by atoms with E-state index < -0.39 is 30.3 Å². The molecule has 1 saturated heterocycles. The van der Waals surface area contributed by atoms with E-state index in [-0.39, 0.29) is 6.61 Å². The van der Waals surface area contributed by atoms with Crippen molar-refractivity contribution < 1.29 is 27.8 Å². The Labute approximate surface area is 78.0 Å². The van der Waals surface area contributed by atoms with Crippen LogP contribution in [0.25, 0.3) is 0 Å². The summed E-state index contributed by atoms with van der Waals surface area (Å²) in [6.45, 7) is 1.67. The minimum Gasteiger partial charge on any atom is -0.368 e. The number of carbonyl (C=O) groups excluding carboxylic acids is 1. The number of carbonyl (C=O) groups is 1. The molecule has 1 heterocycles. The fraction of sp³-hybridized carbons (Fsp3) is 0.857. The first-order chi connectivity index (χ1) is 6.30. The summed E-state index contributed by atoms with van der Waals surface area (Å²) in [5, 5.41) is 10.5. The van der Waals surface area contributed by atoms with Crippen LogP contribution in [0.5, 0.6) is 0 Å². The van der Waals surface area contributed by atoms with Gasteiger partial charge in [0.2, 0.25) is 5.72 Å². The summed E-state index contributed by atoms with van der Waals surface area (Å²) >= 11 is 0. The Morgan fingerprint density at radius 3 is 2.64 bits per heavy atom. The van der Waals surface area contributed by atoms with Gasteiger partial charge in [-0.25, -0.2) is 0 Å². The quantitative estimate of drug-likeness (QED) is 0.687. The molecule has 0 aromatic heterocycles. The molecular weight excluding hydrogens is 203 g/mol. The highest BCUT2D eigenvalue weighted by Crippen LogP contribution is 2.35. The van der Waals surface area contributed by atoms with Crippen LogP contribution in [0.15, 0.2) is 0 Å². The summed E-state index contributed by atoms with van der Waals surface area (Å²) in [5.41, 5.74) is -3.15. The molecule has 1 aliphatic rings. The van der Waals surface area contributed by atoms with Gasteiger partial charge in [0.15, 0.2) is 0 Å². The smallest absolute Gasteiger partial charge is 0.368 e. The molecule has 1 rings (SSSR count). The van der Waals surface area contributed by atoms with Crippen LogP contribution in [0.4, 0.5) is 13.2 Å². The van der Waals surface area contributed by atoms with E-state index in [0.29, 0.717) is 0 Å². The SMILES string of the molecule is CCO[C@H]1C[C@@](O)(C(F)(F)F)NC1=O. The van der Waals surface area contributed by atoms with E-state index in [1.165, 1.54) is 5.32 Å². The van der Waals surface area contributed by atoms with Crippen molar-refractivity contribution in [1.82, 2.24) is 5.32 Å². The number of hydrogen-bond acceptors (Lipinski definition) is 3. The first-order valence-electron chi connectivity index (χ1n) is 4.03. The summed E-state index contributed by atoms with van der Waals surface area (Å²) in [5.74, 6) is -0.938. The van der Waals surface area contributed by atoms with Crippen LogP contribution in [-0.4, -0.2) is 35.6 Å². The monoisotopic (exact) mass is 213 g/mol. The lowest BCUT2D eigenvalue weighted by Crippen LogP contribution is -2.53. The Kier molecular flexibility index (Phi) is 2.73. The van der Waals surface area contributed by atoms with E-state index in [2.05, 4.69) is 0 Å². The first-order valence-corrected chi connectivity index (χ1v) is 4.03. The Morgan fingerprint density at radius 1 is 1.71 bits per heavy atom. The van der Waals surface area contributed by atoms with Gasteiger partial charge in [-0.05, 0) is 6.92 Å². The number of amides is 1. The topological polar surface area (TPSA) is 58.6 Å². The summed E-state index contributed by atoms with van der Waals surface area (Å²) in [6.07, 6.45) is -6.91. The molecule has 0 aromatic rings. The lowest BCUT2D eigenvalue weighted by molar-refractivity contribution is -0.268. The van der Waals surface area contributed by atoms with Crippen LogP contribution in [-0.2, 0) is 9.53 Å². The number of nitrogens with one attached hydrogen (secondary N) is 1. The zero-order chi connectivity index (χ0) is 11.0. The Hall–Kier alpha value is -0.820. The molecule has 1 amide bonds. The molecule has 4 nitrogen and oxygen atoms in total. The van der Waals surface area contributed by atoms with Gasteiger partial charge in [-0.3, -0.25) is 4.79 Å². The normalized spacial score (nSPS) is 33.2. The minimum atomic E-state index is -4.88. The molecule has 0 aliphatic carbocycles. The molecule has 0 bridgehead atoms. The van der Waals surface area contributed by atoms with Crippen molar-refractivity contribution in [1.29, 1.82) is 0 Å². The molecule has 14 heavy (non-hydrogen) atoms. The molecule has 0 aromatic carbocycles. The maximum absolute atomic E-state index is 12.2. The van der Waals surface area contributed by atoms with Crippen LogP contribution in [0.3, 0.4) is 0 Å². The van der Waals surface area contributed by atoms with Crippen molar-refractivity contribution in [2.75, 3.05) is 6.61 Å². The average molecular weight is 213 g/mol. The molecule has 0 unspecified atom stereocenters. The highest BCUT2D eigenvalue weighted by Gasteiger charge is 2.61. The number of alkyl halides is 3. The molecule has 2 N–H and O–H groups in total. The van der Waals surface area contributed by atoms with Crippen LogP contribution >= 0.6 is 0 Å². The number of halogens is 3. The van der Waals surface area contributed by atoms with E-state index >= 15 is 0 Å². The highest BCUT2D eigenvalue weighted by atomic mass is 19.4. The molecule has 0 radical (unpaired) electrons. The Bertz CT molecular complexity index is 243. The van der Waals surface area contributed by atoms with Crippen LogP contribution in [0.1, 0.15) is 13.3 Å². The van der Waals surface area contributed by atoms with Crippen molar-refractivity contribution in [3.63, 3.8) is 0 Å². The van der Waals surface area contributed by atoms with Gasteiger partial charge >= 0.3 is 6.18 Å². The maximum atomic E-state index is 12.2. The third kappa shape index (κ3) is 1.83. The number of ether oxygens (including phenoxy) is 1. The average Bonchev–Trinajstić information content (AvgIpc) is 2.27. The van der Waals surface area contributed by atoms with Crippen LogP contribution < -0.4 is 5.32 Å². The van der Waals surface area contributed by atoms with Gasteiger partial charge in [0.05, 0.1) is 0 Å². The molecular formula is C7H10F3NO3. The van der Waals surface area contributed by atoms with E-state index in [1.807, 2.05) is 0 Å². The van der Waals surface area contributed by atoms with E-state index in [1.54, 1.807) is 6.92 Å². The number of rotatable bonds is 2. The van der Waals surface area contributed by atoms with Crippen molar-refractivity contribution >= 4 is 5.91 Å². The lowest BCUT2D eigenvalue weighted by Gasteiger charge is -2.24. The second kappa shape index (κ2) is 3.39. The van der Waals surface area contributed by atoms with Crippen LogP contribution in [0, 0.1) is 0 Å². The third-order valence-corrected chi connectivity index (χ3v) is 1.94. The van der Waals surface area contributed by atoms with Gasteiger partial charge in [-0.2, -0.15) is 13.2 Å². The Balaban J connectivity index is 2.75. The summed E-state index contributed by atoms with van der Waals surface area (Å²) in [6, 6.07) is 0. The van der Waals surface area contributed by atoms with E-state index in [4.69, 9.17) is 9.84 Å². The highest BCUT2D eigenvalue weighted by molar-refractivity contribution is 5.84. The predicted octanol–water partition coefficient (Wildman–Crippen LogP) is 0.162. The maximum Gasteiger partial charge on any atom is 0.436 e. The second-order valence-corrected chi connectivity index (χ2v) is 3.00. The second-order valence-electron chi connectivity index (χ2n) is 3.00. The molecule has 82 valence electrons. The van der Waals surface area contributed by atoms with Crippen molar-refractivity contribution in [2.24, 2.45) is 0 Å². The predicted molar refractivity (Wildman–Crippen MR) is 39.2 cm³/mol. The number of hydrogen-bond donors (Lipinski definition) is 2. The van der Waals surface area contributed by atoms with Gasteiger partial charge < -0.3 is 15.2 Å². The number of aliphatic hydroxyl groups is 1. The largest absolute Gasteiger partial charge is 0.436 e. The fourth-order valence-electron chi connectivity index (χ4n) is 1.22. The summed E-state index contributed by atoms with van der Waals surface area (Å²) < 4.78 is 41.4. The van der Waals surface area contributed by atoms with Gasteiger partial charge in [0, 0.05) is 13.0 Å². The van der Waals surface area contributed by atoms with Gasteiger partial charge in [-0.15, -0.1) is 0 Å². The molecule has 2 atom stereocenters. The van der Waals surface area contributed by atoms with E-state index in [0.717, 1.165) is 0 Å². The zero-order valence-corrected chi connectivity index (χ0v) is 7.39. The summed E-state index contributed by atoms with van der Waals surface area (Å²) in [7, 11) is 0. The zero-order valence-electron chi connectivity index (χ0n) is 7.39. The molecule has 1 fully saturated rings. The standard InChI is InChI=1S/C7H10F3NO3/c1-2-14-4-3-6(13,7(8,9)10)11-5(4)12/h4,13H,2-3H2,1H3,(H,11,12)/t4-,6+/m0/s1. The first kappa shape index (κ1) is 11.3.